The Hall–Kier alpha value is -3.35. The molecule has 7 heteroatoms. The Kier molecular flexibility index (Phi) is 8.02. The Bertz CT molecular complexity index is 801. The molecule has 0 saturated carbocycles. The van der Waals surface area contributed by atoms with Crippen LogP contribution in [-0.2, 0) is 19.1 Å². The first-order valence-corrected chi connectivity index (χ1v) is 8.95. The molecule has 7 nitrogen and oxygen atoms in total. The van der Waals surface area contributed by atoms with E-state index in [2.05, 4.69) is 10.6 Å². The summed E-state index contributed by atoms with van der Waals surface area (Å²) in [5.41, 5.74) is 2.32. The maximum absolute atomic E-state index is 11.8. The number of carbonyl (C=O) groups is 3. The smallest absolute Gasteiger partial charge is 0.306 e. The van der Waals surface area contributed by atoms with Gasteiger partial charge in [-0.25, -0.2) is 0 Å². The molecule has 0 aliphatic carbocycles. The molecule has 0 saturated heterocycles. The topological polar surface area (TPSA) is 93.7 Å². The van der Waals surface area contributed by atoms with Gasteiger partial charge >= 0.3 is 5.97 Å². The van der Waals surface area contributed by atoms with E-state index in [0.717, 1.165) is 11.3 Å². The maximum atomic E-state index is 11.8. The zero-order valence-corrected chi connectivity index (χ0v) is 16.0. The summed E-state index contributed by atoms with van der Waals surface area (Å²) in [5.74, 6) is -0.309. The molecule has 0 heterocycles. The van der Waals surface area contributed by atoms with Gasteiger partial charge in [0.05, 0.1) is 6.61 Å². The maximum Gasteiger partial charge on any atom is 0.306 e. The fourth-order valence-electron chi connectivity index (χ4n) is 2.30. The van der Waals surface area contributed by atoms with Gasteiger partial charge in [0.15, 0.2) is 6.61 Å². The molecule has 2 aromatic carbocycles. The van der Waals surface area contributed by atoms with Gasteiger partial charge < -0.3 is 20.1 Å². The van der Waals surface area contributed by atoms with Gasteiger partial charge in [-0.2, -0.15) is 0 Å². The fraction of sp³-hybridized carbons (Fsp3) is 0.286. The molecule has 2 rings (SSSR count). The highest BCUT2D eigenvalue weighted by Gasteiger charge is 2.08. The first-order chi connectivity index (χ1) is 13.4. The first kappa shape index (κ1) is 21.0. The van der Waals surface area contributed by atoms with Crippen LogP contribution in [0.25, 0.3) is 0 Å². The number of ether oxygens (including phenoxy) is 2. The van der Waals surface area contributed by atoms with E-state index < -0.39 is 11.9 Å². The van der Waals surface area contributed by atoms with Crippen LogP contribution < -0.4 is 15.4 Å². The molecule has 0 spiro atoms. The number of benzene rings is 2. The van der Waals surface area contributed by atoms with Crippen LogP contribution in [0.3, 0.4) is 0 Å². The van der Waals surface area contributed by atoms with E-state index in [1.54, 1.807) is 24.3 Å². The number of amides is 2. The van der Waals surface area contributed by atoms with Gasteiger partial charge in [-0.1, -0.05) is 17.7 Å². The van der Waals surface area contributed by atoms with Crippen LogP contribution in [0.4, 0.5) is 11.4 Å². The van der Waals surface area contributed by atoms with E-state index in [-0.39, 0.29) is 18.9 Å². The lowest BCUT2D eigenvalue weighted by Crippen LogP contribution is -2.21. The highest BCUT2D eigenvalue weighted by atomic mass is 16.5. The van der Waals surface area contributed by atoms with Gasteiger partial charge in [-0.3, -0.25) is 14.4 Å². The van der Waals surface area contributed by atoms with Crippen LogP contribution in [0.1, 0.15) is 25.3 Å². The standard InChI is InChI=1S/C21H24N2O5/c1-15-5-11-19(12-6-15)27-13-3-4-21(26)28-14-20(25)23-18-9-7-17(8-10-18)22-16(2)24/h5-12H,3-4,13-14H2,1-2H3,(H,22,24)(H,23,25). The quantitative estimate of drug-likeness (QED) is 0.511. The highest BCUT2D eigenvalue weighted by molar-refractivity contribution is 5.93. The molecule has 0 aliphatic rings. The van der Waals surface area contributed by atoms with Crippen molar-refractivity contribution in [1.29, 1.82) is 0 Å². The third-order valence-corrected chi connectivity index (χ3v) is 3.67. The molecule has 0 atom stereocenters. The Labute approximate surface area is 164 Å². The lowest BCUT2D eigenvalue weighted by atomic mass is 10.2. The van der Waals surface area contributed by atoms with Crippen molar-refractivity contribution in [1.82, 2.24) is 0 Å². The third-order valence-electron chi connectivity index (χ3n) is 3.67. The fourth-order valence-corrected chi connectivity index (χ4v) is 2.30. The molecular formula is C21H24N2O5. The Balaban J connectivity index is 1.61. The Morgan fingerprint density at radius 3 is 2.11 bits per heavy atom. The molecule has 148 valence electrons. The van der Waals surface area contributed by atoms with Crippen LogP contribution >= 0.6 is 0 Å². The van der Waals surface area contributed by atoms with Gasteiger partial charge in [-0.15, -0.1) is 0 Å². The number of rotatable bonds is 9. The summed E-state index contributed by atoms with van der Waals surface area (Å²) in [5, 5.41) is 5.25. The van der Waals surface area contributed by atoms with E-state index in [0.29, 0.717) is 24.4 Å². The van der Waals surface area contributed by atoms with Crippen LogP contribution in [-0.4, -0.2) is 31.0 Å². The Morgan fingerprint density at radius 2 is 1.50 bits per heavy atom. The number of anilines is 2. The minimum atomic E-state index is -0.455. The normalized spacial score (nSPS) is 10.1. The molecule has 0 unspecified atom stereocenters. The average molecular weight is 384 g/mol. The number of aryl methyl sites for hydroxylation is 1. The van der Waals surface area contributed by atoms with Crippen molar-refractivity contribution in [3.8, 4) is 5.75 Å². The lowest BCUT2D eigenvalue weighted by molar-refractivity contribution is -0.147. The third kappa shape index (κ3) is 7.90. The van der Waals surface area contributed by atoms with Crippen molar-refractivity contribution in [2.45, 2.75) is 26.7 Å². The van der Waals surface area contributed by atoms with Gasteiger partial charge in [-0.05, 0) is 49.7 Å². The van der Waals surface area contributed by atoms with Crippen molar-refractivity contribution < 1.29 is 23.9 Å². The molecular weight excluding hydrogens is 360 g/mol. The summed E-state index contributed by atoms with van der Waals surface area (Å²) in [7, 11) is 0. The van der Waals surface area contributed by atoms with E-state index in [1.165, 1.54) is 6.92 Å². The zero-order chi connectivity index (χ0) is 20.4. The van der Waals surface area contributed by atoms with E-state index in [9.17, 15) is 14.4 Å². The summed E-state index contributed by atoms with van der Waals surface area (Å²) in [4.78, 5) is 34.5. The first-order valence-electron chi connectivity index (χ1n) is 8.95. The second-order valence-corrected chi connectivity index (χ2v) is 6.23. The second-order valence-electron chi connectivity index (χ2n) is 6.23. The summed E-state index contributed by atoms with van der Waals surface area (Å²) < 4.78 is 10.5. The van der Waals surface area contributed by atoms with E-state index in [4.69, 9.17) is 9.47 Å². The SMILES string of the molecule is CC(=O)Nc1ccc(NC(=O)COC(=O)CCCOc2ccc(C)cc2)cc1. The minimum Gasteiger partial charge on any atom is -0.494 e. The predicted octanol–water partition coefficient (Wildman–Crippen LogP) is 3.29. The number of hydrogen-bond acceptors (Lipinski definition) is 5. The monoisotopic (exact) mass is 384 g/mol. The summed E-state index contributed by atoms with van der Waals surface area (Å²) in [6.07, 6.45) is 0.670. The van der Waals surface area contributed by atoms with Crippen molar-refractivity contribution in [3.63, 3.8) is 0 Å². The van der Waals surface area contributed by atoms with Crippen LogP contribution in [0, 0.1) is 6.92 Å². The molecule has 0 aliphatic heterocycles. The van der Waals surface area contributed by atoms with Crippen molar-refractivity contribution >= 4 is 29.2 Å². The van der Waals surface area contributed by atoms with Gasteiger partial charge in [0.1, 0.15) is 5.75 Å². The molecule has 2 N–H and O–H groups in total. The Morgan fingerprint density at radius 1 is 0.893 bits per heavy atom. The number of esters is 1. The van der Waals surface area contributed by atoms with Crippen molar-refractivity contribution in [3.05, 3.63) is 54.1 Å². The number of carbonyl (C=O) groups excluding carboxylic acids is 3. The zero-order valence-electron chi connectivity index (χ0n) is 16.0. The van der Waals surface area contributed by atoms with Crippen LogP contribution in [0.2, 0.25) is 0 Å². The molecule has 0 radical (unpaired) electrons. The molecule has 0 aromatic heterocycles. The van der Waals surface area contributed by atoms with E-state index >= 15 is 0 Å². The summed E-state index contributed by atoms with van der Waals surface area (Å²) in [6.45, 7) is 3.45. The van der Waals surface area contributed by atoms with Crippen LogP contribution in [0.5, 0.6) is 5.75 Å². The molecule has 28 heavy (non-hydrogen) atoms. The summed E-state index contributed by atoms with van der Waals surface area (Å²) in [6, 6.07) is 14.3. The van der Waals surface area contributed by atoms with Gasteiger partial charge in [0.2, 0.25) is 5.91 Å². The predicted molar refractivity (Wildman–Crippen MR) is 106 cm³/mol. The largest absolute Gasteiger partial charge is 0.494 e. The molecule has 0 bridgehead atoms. The number of hydrogen-bond donors (Lipinski definition) is 2. The van der Waals surface area contributed by atoms with Crippen molar-refractivity contribution in [2.24, 2.45) is 0 Å². The molecule has 0 fully saturated rings. The molecule has 2 amide bonds. The van der Waals surface area contributed by atoms with Crippen LogP contribution in [0.15, 0.2) is 48.5 Å². The molecule has 2 aromatic rings. The highest BCUT2D eigenvalue weighted by Crippen LogP contribution is 2.14. The lowest BCUT2D eigenvalue weighted by Gasteiger charge is -2.08. The summed E-state index contributed by atoms with van der Waals surface area (Å²) >= 11 is 0. The van der Waals surface area contributed by atoms with Gasteiger partial charge in [0.25, 0.3) is 5.91 Å². The van der Waals surface area contributed by atoms with E-state index in [1.807, 2.05) is 31.2 Å². The average Bonchev–Trinajstić information content (AvgIpc) is 2.66. The minimum absolute atomic E-state index is 0.171. The van der Waals surface area contributed by atoms with Crippen molar-refractivity contribution in [2.75, 3.05) is 23.8 Å². The van der Waals surface area contributed by atoms with Gasteiger partial charge in [0, 0.05) is 24.7 Å². The number of nitrogens with one attached hydrogen (secondary N) is 2. The second kappa shape index (κ2) is 10.7.